The summed E-state index contributed by atoms with van der Waals surface area (Å²) in [6, 6.07) is 0.436. The molecule has 2 atom stereocenters. The summed E-state index contributed by atoms with van der Waals surface area (Å²) >= 11 is 0. The zero-order valence-electron chi connectivity index (χ0n) is 13.8. The van der Waals surface area contributed by atoms with Gasteiger partial charge in [-0.1, -0.05) is 32.1 Å². The molecule has 1 spiro atoms. The van der Waals surface area contributed by atoms with Gasteiger partial charge in [-0.3, -0.25) is 4.79 Å². The third-order valence-corrected chi connectivity index (χ3v) is 6.41. The average molecular weight is 293 g/mol. The van der Waals surface area contributed by atoms with Crippen LogP contribution >= 0.6 is 0 Å². The first-order valence-corrected chi connectivity index (χ1v) is 9.07. The molecule has 3 fully saturated rings. The van der Waals surface area contributed by atoms with Crippen molar-refractivity contribution in [1.82, 2.24) is 4.90 Å². The van der Waals surface area contributed by atoms with Gasteiger partial charge >= 0.3 is 0 Å². The molecule has 21 heavy (non-hydrogen) atoms. The maximum Gasteiger partial charge on any atom is 0.225 e. The van der Waals surface area contributed by atoms with Crippen LogP contribution in [0.15, 0.2) is 0 Å². The summed E-state index contributed by atoms with van der Waals surface area (Å²) in [5.74, 6) is 0.717. The van der Waals surface area contributed by atoms with E-state index in [2.05, 4.69) is 18.9 Å². The quantitative estimate of drug-likeness (QED) is 0.790. The number of rotatable bonds is 4. The smallest absolute Gasteiger partial charge is 0.225 e. The Hall–Kier alpha value is -0.570. The first-order chi connectivity index (χ1) is 10.2. The molecule has 0 saturated heterocycles. The fourth-order valence-corrected chi connectivity index (χ4v) is 5.18. The fraction of sp³-hybridized carbons (Fsp3) is 0.944. The van der Waals surface area contributed by atoms with Gasteiger partial charge in [-0.05, 0) is 39.0 Å². The Kier molecular flexibility index (Phi) is 4.58. The third kappa shape index (κ3) is 2.62. The second-order valence-corrected chi connectivity index (χ2v) is 7.42. The zero-order valence-corrected chi connectivity index (χ0v) is 13.8. The highest BCUT2D eigenvalue weighted by atomic mass is 16.5. The first-order valence-electron chi connectivity index (χ1n) is 9.07. The number of ether oxygens (including phenoxy) is 1. The molecule has 3 aliphatic carbocycles. The summed E-state index contributed by atoms with van der Waals surface area (Å²) in [4.78, 5) is 14.9. The van der Waals surface area contributed by atoms with Crippen LogP contribution in [0.1, 0.15) is 71.1 Å². The molecule has 3 saturated carbocycles. The van der Waals surface area contributed by atoms with Crippen molar-refractivity contribution in [1.29, 1.82) is 0 Å². The lowest BCUT2D eigenvalue weighted by Crippen LogP contribution is -2.64. The van der Waals surface area contributed by atoms with Crippen LogP contribution in [0.3, 0.4) is 0 Å². The summed E-state index contributed by atoms with van der Waals surface area (Å²) in [6.07, 6.45) is 12.6. The van der Waals surface area contributed by atoms with Crippen molar-refractivity contribution in [3.63, 3.8) is 0 Å². The third-order valence-electron chi connectivity index (χ3n) is 6.41. The highest BCUT2D eigenvalue weighted by molar-refractivity contribution is 5.79. The summed E-state index contributed by atoms with van der Waals surface area (Å²) in [6.45, 7) is 2.90. The lowest BCUT2D eigenvalue weighted by Gasteiger charge is -2.57. The predicted octanol–water partition coefficient (Wildman–Crippen LogP) is 3.76. The van der Waals surface area contributed by atoms with Crippen LogP contribution < -0.4 is 0 Å². The van der Waals surface area contributed by atoms with E-state index in [1.165, 1.54) is 44.9 Å². The van der Waals surface area contributed by atoms with Gasteiger partial charge in [0.2, 0.25) is 5.91 Å². The number of hydrogen-bond donors (Lipinski definition) is 0. The van der Waals surface area contributed by atoms with Crippen molar-refractivity contribution in [2.24, 2.45) is 11.3 Å². The minimum Gasteiger partial charge on any atom is -0.378 e. The van der Waals surface area contributed by atoms with Crippen molar-refractivity contribution >= 4 is 5.91 Å². The van der Waals surface area contributed by atoms with Crippen molar-refractivity contribution in [3.8, 4) is 0 Å². The maximum absolute atomic E-state index is 12.8. The van der Waals surface area contributed by atoms with E-state index in [9.17, 15) is 4.79 Å². The van der Waals surface area contributed by atoms with Gasteiger partial charge in [0.15, 0.2) is 0 Å². The van der Waals surface area contributed by atoms with Crippen LogP contribution in [0.25, 0.3) is 0 Å². The average Bonchev–Trinajstić information content (AvgIpc) is 3.03. The van der Waals surface area contributed by atoms with Crippen molar-refractivity contribution < 1.29 is 9.53 Å². The number of hydrogen-bond acceptors (Lipinski definition) is 2. The molecule has 0 aromatic heterocycles. The van der Waals surface area contributed by atoms with E-state index in [-0.39, 0.29) is 5.41 Å². The van der Waals surface area contributed by atoms with Gasteiger partial charge in [0, 0.05) is 31.0 Å². The second-order valence-electron chi connectivity index (χ2n) is 7.42. The SMILES string of the molecule is CCO[C@H]1C[C@@H](N(C)C(=O)C2CCCCC2)C12CCCC2. The van der Waals surface area contributed by atoms with E-state index < -0.39 is 0 Å². The Morgan fingerprint density at radius 2 is 1.81 bits per heavy atom. The van der Waals surface area contributed by atoms with Crippen molar-refractivity contribution in [2.45, 2.75) is 83.3 Å². The van der Waals surface area contributed by atoms with Gasteiger partial charge < -0.3 is 9.64 Å². The van der Waals surface area contributed by atoms with Crippen LogP contribution in [0.2, 0.25) is 0 Å². The first kappa shape index (κ1) is 15.3. The summed E-state index contributed by atoms with van der Waals surface area (Å²) in [5, 5.41) is 0. The molecule has 0 aliphatic heterocycles. The van der Waals surface area contributed by atoms with Crippen LogP contribution in [-0.4, -0.2) is 36.6 Å². The summed E-state index contributed by atoms with van der Waals surface area (Å²) in [7, 11) is 2.06. The topological polar surface area (TPSA) is 29.5 Å². The molecule has 3 aliphatic rings. The van der Waals surface area contributed by atoms with E-state index in [0.29, 0.717) is 24.0 Å². The Morgan fingerprint density at radius 3 is 2.43 bits per heavy atom. The van der Waals surface area contributed by atoms with E-state index in [1.807, 2.05) is 0 Å². The van der Waals surface area contributed by atoms with Crippen LogP contribution in [0, 0.1) is 11.3 Å². The number of amides is 1. The van der Waals surface area contributed by atoms with Crippen molar-refractivity contribution in [2.75, 3.05) is 13.7 Å². The molecular weight excluding hydrogens is 262 g/mol. The molecule has 0 bridgehead atoms. The number of carbonyl (C=O) groups is 1. The minimum absolute atomic E-state index is 0.287. The molecule has 0 N–H and O–H groups in total. The Balaban J connectivity index is 1.66. The summed E-state index contributed by atoms with van der Waals surface area (Å²) < 4.78 is 5.98. The predicted molar refractivity (Wildman–Crippen MR) is 84.1 cm³/mol. The highest BCUT2D eigenvalue weighted by Crippen LogP contribution is 2.56. The molecule has 0 aromatic carbocycles. The van der Waals surface area contributed by atoms with Crippen LogP contribution in [-0.2, 0) is 9.53 Å². The molecular formula is C18H31NO2. The van der Waals surface area contributed by atoms with E-state index in [4.69, 9.17) is 4.74 Å². The minimum atomic E-state index is 0.287. The van der Waals surface area contributed by atoms with Crippen LogP contribution in [0.4, 0.5) is 0 Å². The molecule has 1 amide bonds. The van der Waals surface area contributed by atoms with Gasteiger partial charge in [0.05, 0.1) is 6.10 Å². The lowest BCUT2D eigenvalue weighted by molar-refractivity contribution is -0.175. The Morgan fingerprint density at radius 1 is 1.14 bits per heavy atom. The normalized spacial score (nSPS) is 32.1. The monoisotopic (exact) mass is 293 g/mol. The van der Waals surface area contributed by atoms with E-state index >= 15 is 0 Å². The van der Waals surface area contributed by atoms with Gasteiger partial charge in [-0.25, -0.2) is 0 Å². The summed E-state index contributed by atoms with van der Waals surface area (Å²) in [5.41, 5.74) is 0.287. The molecule has 3 rings (SSSR count). The Bertz CT molecular complexity index is 369. The Labute approximate surface area is 129 Å². The van der Waals surface area contributed by atoms with Gasteiger partial charge in [0.1, 0.15) is 0 Å². The standard InChI is InChI=1S/C18H31NO2/c1-3-21-16-13-15(18(16)11-7-8-12-18)19(2)17(20)14-9-5-4-6-10-14/h14-16H,3-13H2,1-2H3/t15-,16+/m1/s1. The molecule has 120 valence electrons. The fourth-order valence-electron chi connectivity index (χ4n) is 5.18. The molecule has 0 radical (unpaired) electrons. The van der Waals surface area contributed by atoms with Gasteiger partial charge in [-0.15, -0.1) is 0 Å². The maximum atomic E-state index is 12.8. The highest BCUT2D eigenvalue weighted by Gasteiger charge is 2.59. The molecule has 3 heteroatoms. The van der Waals surface area contributed by atoms with Crippen molar-refractivity contribution in [3.05, 3.63) is 0 Å². The van der Waals surface area contributed by atoms with Gasteiger partial charge in [0.25, 0.3) is 0 Å². The lowest BCUT2D eigenvalue weighted by atomic mass is 9.60. The second kappa shape index (κ2) is 6.28. The number of carbonyl (C=O) groups excluding carboxylic acids is 1. The number of nitrogens with zero attached hydrogens (tertiary/aromatic N) is 1. The molecule has 0 heterocycles. The molecule has 0 unspecified atom stereocenters. The largest absolute Gasteiger partial charge is 0.378 e. The van der Waals surface area contributed by atoms with E-state index in [1.54, 1.807) is 0 Å². The molecule has 0 aromatic rings. The molecule has 3 nitrogen and oxygen atoms in total. The van der Waals surface area contributed by atoms with Crippen LogP contribution in [0.5, 0.6) is 0 Å². The zero-order chi connectivity index (χ0) is 14.9. The van der Waals surface area contributed by atoms with E-state index in [0.717, 1.165) is 25.9 Å². The van der Waals surface area contributed by atoms with Gasteiger partial charge in [-0.2, -0.15) is 0 Å².